The van der Waals surface area contributed by atoms with Gasteiger partial charge in [-0.2, -0.15) is 0 Å². The molecule has 0 saturated carbocycles. The zero-order chi connectivity index (χ0) is 15.1. The molecule has 0 fully saturated rings. The zero-order valence-electron chi connectivity index (χ0n) is 13.3. The van der Waals surface area contributed by atoms with Crippen LogP contribution in [0.1, 0.15) is 16.7 Å². The Bertz CT molecular complexity index is 473. The number of nitrogens with one attached hydrogen (secondary N) is 2. The molecule has 1 unspecified atom stereocenters. The van der Waals surface area contributed by atoms with Crippen molar-refractivity contribution in [2.75, 3.05) is 27.7 Å². The Morgan fingerprint density at radius 1 is 1.43 bits per heavy atom. The van der Waals surface area contributed by atoms with Crippen LogP contribution in [-0.4, -0.2) is 50.5 Å². The van der Waals surface area contributed by atoms with Crippen molar-refractivity contribution >= 4 is 47.2 Å². The number of nitrogens with zero attached hydrogens (tertiary/aromatic N) is 2. The van der Waals surface area contributed by atoms with Crippen LogP contribution >= 0.6 is 35.3 Å². The summed E-state index contributed by atoms with van der Waals surface area (Å²) in [5, 5.41) is 6.32. The lowest BCUT2D eigenvalue weighted by atomic mass is 10.2. The van der Waals surface area contributed by atoms with E-state index in [4.69, 9.17) is 0 Å². The van der Waals surface area contributed by atoms with Crippen molar-refractivity contribution in [1.29, 1.82) is 0 Å². The molecule has 1 amide bonds. The van der Waals surface area contributed by atoms with Gasteiger partial charge >= 0.3 is 0 Å². The zero-order valence-corrected chi connectivity index (χ0v) is 16.4. The minimum Gasteiger partial charge on any atom is -0.354 e. The van der Waals surface area contributed by atoms with Crippen LogP contribution in [0.2, 0.25) is 0 Å². The first-order chi connectivity index (χ1) is 9.42. The van der Waals surface area contributed by atoms with E-state index < -0.39 is 0 Å². The fourth-order valence-corrected chi connectivity index (χ4v) is 2.71. The third kappa shape index (κ3) is 7.66. The van der Waals surface area contributed by atoms with Crippen molar-refractivity contribution in [3.05, 3.63) is 21.9 Å². The fourth-order valence-electron chi connectivity index (χ4n) is 1.69. The molecule has 5 nitrogen and oxygen atoms in total. The number of likely N-dealkylation sites (N-methyl/N-ethyl adjacent to an activating group) is 1. The number of rotatable bonds is 5. The molecule has 0 saturated heterocycles. The van der Waals surface area contributed by atoms with Gasteiger partial charge < -0.3 is 15.5 Å². The van der Waals surface area contributed by atoms with E-state index in [2.05, 4.69) is 41.6 Å². The third-order valence-electron chi connectivity index (χ3n) is 2.82. The molecule has 0 aliphatic heterocycles. The predicted molar refractivity (Wildman–Crippen MR) is 101 cm³/mol. The van der Waals surface area contributed by atoms with E-state index in [1.54, 1.807) is 26.0 Å². The van der Waals surface area contributed by atoms with Crippen LogP contribution in [0.4, 0.5) is 0 Å². The molecule has 0 radical (unpaired) electrons. The first kappa shape index (κ1) is 20.2. The van der Waals surface area contributed by atoms with Gasteiger partial charge in [-0.25, -0.2) is 0 Å². The van der Waals surface area contributed by atoms with Crippen molar-refractivity contribution in [1.82, 2.24) is 15.5 Å². The lowest BCUT2D eigenvalue weighted by Crippen LogP contribution is -2.46. The smallest absolute Gasteiger partial charge is 0.241 e. The van der Waals surface area contributed by atoms with E-state index in [1.165, 1.54) is 9.75 Å². The second kappa shape index (κ2) is 9.99. The molecule has 0 aliphatic rings. The van der Waals surface area contributed by atoms with Crippen molar-refractivity contribution in [3.63, 3.8) is 0 Å². The van der Waals surface area contributed by atoms with E-state index in [1.807, 2.05) is 11.3 Å². The number of hydrogen-bond donors (Lipinski definition) is 2. The second-order valence-corrected chi connectivity index (χ2v) is 6.35. The van der Waals surface area contributed by atoms with Crippen LogP contribution < -0.4 is 10.6 Å². The van der Waals surface area contributed by atoms with Crippen molar-refractivity contribution in [2.24, 2.45) is 4.99 Å². The maximum Gasteiger partial charge on any atom is 0.241 e. The summed E-state index contributed by atoms with van der Waals surface area (Å²) < 4.78 is 0. The summed E-state index contributed by atoms with van der Waals surface area (Å²) in [6, 6.07) is 4.55. The number of hydrogen-bond acceptors (Lipinski definition) is 3. The van der Waals surface area contributed by atoms with Crippen LogP contribution in [0.15, 0.2) is 17.1 Å². The molecule has 120 valence electrons. The Morgan fingerprint density at radius 2 is 2.10 bits per heavy atom. The van der Waals surface area contributed by atoms with Gasteiger partial charge in [0.25, 0.3) is 0 Å². The first-order valence-corrected chi connectivity index (χ1v) is 7.46. The highest BCUT2D eigenvalue weighted by Gasteiger charge is 2.09. The van der Waals surface area contributed by atoms with Crippen LogP contribution in [0.3, 0.4) is 0 Å². The van der Waals surface area contributed by atoms with Crippen molar-refractivity contribution < 1.29 is 4.79 Å². The summed E-state index contributed by atoms with van der Waals surface area (Å²) in [4.78, 5) is 19.9. The van der Waals surface area contributed by atoms with Crippen molar-refractivity contribution in [2.45, 2.75) is 26.3 Å². The number of carbonyl (C=O) groups is 1. The van der Waals surface area contributed by atoms with Gasteiger partial charge in [0.1, 0.15) is 0 Å². The Kier molecular flexibility index (Phi) is 9.60. The molecule has 1 aromatic rings. The summed E-state index contributed by atoms with van der Waals surface area (Å²) in [6.07, 6.45) is 0.945. The maximum atomic E-state index is 11.5. The minimum absolute atomic E-state index is 0. The van der Waals surface area contributed by atoms with Crippen LogP contribution in [0.25, 0.3) is 0 Å². The standard InChI is InChI=1S/C14H24N4OS.HI/c1-10(8-12-7-6-11(2)20-12)17-14(15-3)16-9-13(19)18(4)5;/h6-7,10H,8-9H2,1-5H3,(H2,15,16,17);1H. The highest BCUT2D eigenvalue weighted by molar-refractivity contribution is 14.0. The van der Waals surface area contributed by atoms with Crippen LogP contribution in [0, 0.1) is 6.92 Å². The van der Waals surface area contributed by atoms with Crippen LogP contribution in [-0.2, 0) is 11.2 Å². The van der Waals surface area contributed by atoms with Gasteiger partial charge in [0.2, 0.25) is 5.91 Å². The highest BCUT2D eigenvalue weighted by Crippen LogP contribution is 2.16. The third-order valence-corrected chi connectivity index (χ3v) is 3.84. The first-order valence-electron chi connectivity index (χ1n) is 6.65. The molecule has 21 heavy (non-hydrogen) atoms. The highest BCUT2D eigenvalue weighted by atomic mass is 127. The normalized spacial score (nSPS) is 12.3. The van der Waals surface area contributed by atoms with Gasteiger partial charge in [-0.1, -0.05) is 0 Å². The molecule has 1 heterocycles. The average molecular weight is 424 g/mol. The number of guanidine groups is 1. The van der Waals surface area contributed by atoms with Gasteiger partial charge in [0.05, 0.1) is 6.54 Å². The monoisotopic (exact) mass is 424 g/mol. The van der Waals surface area contributed by atoms with E-state index in [-0.39, 0.29) is 42.5 Å². The summed E-state index contributed by atoms with van der Waals surface area (Å²) in [5.41, 5.74) is 0. The molecule has 2 N–H and O–H groups in total. The largest absolute Gasteiger partial charge is 0.354 e. The molecule has 7 heteroatoms. The molecular weight excluding hydrogens is 399 g/mol. The molecule has 0 bridgehead atoms. The topological polar surface area (TPSA) is 56.7 Å². The average Bonchev–Trinajstić information content (AvgIpc) is 2.79. The van der Waals surface area contributed by atoms with E-state index in [0.29, 0.717) is 5.96 Å². The van der Waals surface area contributed by atoms with Gasteiger partial charge in [-0.3, -0.25) is 9.79 Å². The van der Waals surface area contributed by atoms with E-state index >= 15 is 0 Å². The Labute approximate surface area is 148 Å². The Morgan fingerprint density at radius 3 is 2.57 bits per heavy atom. The predicted octanol–water partition coefficient (Wildman–Crippen LogP) is 1.86. The summed E-state index contributed by atoms with van der Waals surface area (Å²) >= 11 is 1.81. The summed E-state index contributed by atoms with van der Waals surface area (Å²) in [6.45, 7) is 4.47. The minimum atomic E-state index is 0. The molecule has 0 aliphatic carbocycles. The van der Waals surface area contributed by atoms with Crippen molar-refractivity contribution in [3.8, 4) is 0 Å². The van der Waals surface area contributed by atoms with Crippen LogP contribution in [0.5, 0.6) is 0 Å². The lowest BCUT2D eigenvalue weighted by Gasteiger charge is -2.18. The molecule has 1 rings (SSSR count). The summed E-state index contributed by atoms with van der Waals surface area (Å²) in [7, 11) is 5.18. The quantitative estimate of drug-likeness (QED) is 0.431. The number of halogens is 1. The number of amides is 1. The molecule has 0 aromatic carbocycles. The SMILES string of the molecule is CN=C(NCC(=O)N(C)C)NC(C)Cc1ccc(C)s1.I. The van der Waals surface area contributed by atoms with Gasteiger partial charge in [0.15, 0.2) is 5.96 Å². The maximum absolute atomic E-state index is 11.5. The van der Waals surface area contributed by atoms with Gasteiger partial charge in [-0.15, -0.1) is 35.3 Å². The molecule has 1 aromatic heterocycles. The van der Waals surface area contributed by atoms with Gasteiger partial charge in [0, 0.05) is 43.4 Å². The second-order valence-electron chi connectivity index (χ2n) is 4.98. The Balaban J connectivity index is 0.00000400. The molecule has 1 atom stereocenters. The molecule has 0 spiro atoms. The number of aliphatic imine (C=N–C) groups is 1. The number of aryl methyl sites for hydroxylation is 1. The summed E-state index contributed by atoms with van der Waals surface area (Å²) in [5.74, 6) is 0.676. The number of carbonyl (C=O) groups excluding carboxylic acids is 1. The van der Waals surface area contributed by atoms with E-state index in [9.17, 15) is 4.79 Å². The fraction of sp³-hybridized carbons (Fsp3) is 0.571. The Hall–Kier alpha value is -0.830. The lowest BCUT2D eigenvalue weighted by molar-refractivity contribution is -0.127. The van der Waals surface area contributed by atoms with E-state index in [0.717, 1.165) is 6.42 Å². The van der Waals surface area contributed by atoms with Gasteiger partial charge in [-0.05, 0) is 26.0 Å². The molecular formula is C14H25IN4OS. The number of thiophene rings is 1.